The van der Waals surface area contributed by atoms with Crippen molar-refractivity contribution in [2.45, 2.75) is 6.36 Å². The van der Waals surface area contributed by atoms with Gasteiger partial charge in [0.15, 0.2) is 0 Å². The summed E-state index contributed by atoms with van der Waals surface area (Å²) in [5.74, 6) is -1.85. The van der Waals surface area contributed by atoms with Crippen LogP contribution in [-0.4, -0.2) is 26.6 Å². The van der Waals surface area contributed by atoms with Crippen molar-refractivity contribution in [2.24, 2.45) is 0 Å². The summed E-state index contributed by atoms with van der Waals surface area (Å²) >= 11 is 0. The molecule has 0 aromatic heterocycles. The second-order valence-electron chi connectivity index (χ2n) is 3.40. The quantitative estimate of drug-likeness (QED) is 0.472. The molecule has 0 aliphatic heterocycles. The lowest BCUT2D eigenvalue weighted by atomic mass is 9.79. The molecular weight excluding hydrogens is 284 g/mol. The molecule has 0 N–H and O–H groups in total. The highest BCUT2D eigenvalue weighted by Gasteiger charge is 2.30. The molecule has 0 bridgehead atoms. The number of hydrogen-bond acceptors (Lipinski definition) is 2. The lowest BCUT2D eigenvalue weighted by molar-refractivity contribution is -0.325. The second-order valence-corrected chi connectivity index (χ2v) is 3.40. The third kappa shape index (κ3) is 5.37. The minimum atomic E-state index is -5.45. The molecule has 19 heavy (non-hydrogen) atoms. The van der Waals surface area contributed by atoms with Gasteiger partial charge in [0, 0.05) is 6.07 Å². The van der Waals surface area contributed by atoms with Gasteiger partial charge < -0.3 is 17.7 Å². The minimum Gasteiger partial charge on any atom is -0.494 e. The van der Waals surface area contributed by atoms with Crippen LogP contribution in [0.1, 0.15) is 0 Å². The number of ether oxygens (including phenoxy) is 2. The van der Waals surface area contributed by atoms with Crippen LogP contribution < -0.4 is 10.2 Å². The van der Waals surface area contributed by atoms with Crippen molar-refractivity contribution < 1.29 is 40.0 Å². The molecule has 0 saturated carbocycles. The molecule has 10 heteroatoms. The van der Waals surface area contributed by atoms with Gasteiger partial charge in [0.2, 0.25) is 0 Å². The minimum absolute atomic E-state index is 0.457. The van der Waals surface area contributed by atoms with E-state index in [1.807, 2.05) is 0 Å². The van der Waals surface area contributed by atoms with Crippen LogP contribution in [0.2, 0.25) is 0 Å². The lowest BCUT2D eigenvalue weighted by Gasteiger charge is -2.20. The smallest absolute Gasteiger partial charge is 0.494 e. The third-order valence-electron chi connectivity index (χ3n) is 1.93. The summed E-state index contributed by atoms with van der Waals surface area (Å²) in [7, 11) is 0. The molecule has 0 atom stereocenters. The Hall–Kier alpha value is -1.45. The van der Waals surface area contributed by atoms with E-state index in [9.17, 15) is 30.5 Å². The first kappa shape index (κ1) is 15.6. The zero-order valence-corrected chi connectivity index (χ0v) is 9.19. The monoisotopic (exact) mass is 291 g/mol. The van der Waals surface area contributed by atoms with Gasteiger partial charge in [-0.2, -0.15) is 0 Å². The largest absolute Gasteiger partial charge is 0.522 e. The molecule has 1 aromatic rings. The van der Waals surface area contributed by atoms with Crippen molar-refractivity contribution in [1.82, 2.24) is 0 Å². The molecule has 0 spiro atoms. The molecule has 2 nitrogen and oxygen atoms in total. The predicted molar refractivity (Wildman–Crippen MR) is 52.6 cm³/mol. The maximum Gasteiger partial charge on any atom is 0.522 e. The summed E-state index contributed by atoms with van der Waals surface area (Å²) < 4.78 is 92.9. The first-order valence-electron chi connectivity index (χ1n) is 4.92. The van der Waals surface area contributed by atoms with Gasteiger partial charge in [0.05, 0.1) is 12.4 Å². The maximum absolute atomic E-state index is 12.8. The van der Waals surface area contributed by atoms with Crippen LogP contribution in [0, 0.1) is 5.82 Å². The van der Waals surface area contributed by atoms with Gasteiger partial charge in [0.1, 0.15) is 12.4 Å². The van der Waals surface area contributed by atoms with E-state index in [0.29, 0.717) is 18.2 Å². The Morgan fingerprint density at radius 3 is 2.21 bits per heavy atom. The second kappa shape index (κ2) is 5.68. The summed E-state index contributed by atoms with van der Waals surface area (Å²) in [6.45, 7) is -7.24. The zero-order valence-electron chi connectivity index (χ0n) is 9.19. The predicted octanol–water partition coefficient (Wildman–Crippen LogP) is 2.80. The Morgan fingerprint density at radius 1 is 1.05 bits per heavy atom. The van der Waals surface area contributed by atoms with E-state index < -0.39 is 43.6 Å². The van der Waals surface area contributed by atoms with E-state index in [0.717, 1.165) is 0 Å². The summed E-state index contributed by atoms with van der Waals surface area (Å²) in [6, 6.07) is 1.51. The van der Waals surface area contributed by atoms with Crippen LogP contribution in [0.5, 0.6) is 5.75 Å². The van der Waals surface area contributed by atoms with E-state index in [4.69, 9.17) is 0 Å². The zero-order chi connectivity index (χ0) is 14.7. The Bertz CT molecular complexity index is 430. The highest BCUT2D eigenvalue weighted by molar-refractivity contribution is 6.74. The first-order valence-corrected chi connectivity index (χ1v) is 4.92. The topological polar surface area (TPSA) is 18.5 Å². The molecule has 0 radical (unpaired) electrons. The fraction of sp³-hybridized carbons (Fsp3) is 0.333. The third-order valence-corrected chi connectivity index (χ3v) is 1.93. The van der Waals surface area contributed by atoms with Crippen molar-refractivity contribution in [2.75, 3.05) is 13.2 Å². The average Bonchev–Trinajstić information content (AvgIpc) is 2.21. The molecule has 1 aromatic carbocycles. The van der Waals surface area contributed by atoms with Gasteiger partial charge in [-0.1, -0.05) is 11.5 Å². The van der Waals surface area contributed by atoms with Gasteiger partial charge in [-0.15, -0.1) is 13.2 Å². The highest BCUT2D eigenvalue weighted by Crippen LogP contribution is 2.20. The SMILES string of the molecule is Fc1ccc([B-](F)(F)F)c(OCCOC(F)(F)F)c1. The summed E-state index contributed by atoms with van der Waals surface area (Å²) in [5.41, 5.74) is -1.21. The fourth-order valence-electron chi connectivity index (χ4n) is 1.21. The Labute approximate surface area is 103 Å². The van der Waals surface area contributed by atoms with Gasteiger partial charge >= 0.3 is 13.3 Å². The van der Waals surface area contributed by atoms with Crippen molar-refractivity contribution in [3.05, 3.63) is 24.0 Å². The standard InChI is InChI=1S/C9H7BF7O2/c11-6-1-2-7(10(15,16)17)8(5-6)18-3-4-19-9(12,13)14/h1-2,5H,3-4H2/q-1. The first-order chi connectivity index (χ1) is 8.59. The van der Waals surface area contributed by atoms with Crippen LogP contribution in [0.25, 0.3) is 0 Å². The Kier molecular flexibility index (Phi) is 4.67. The van der Waals surface area contributed by atoms with E-state index in [1.165, 1.54) is 0 Å². The van der Waals surface area contributed by atoms with Crippen molar-refractivity contribution in [3.8, 4) is 5.75 Å². The van der Waals surface area contributed by atoms with E-state index >= 15 is 0 Å². The van der Waals surface area contributed by atoms with Gasteiger partial charge in [0.25, 0.3) is 0 Å². The van der Waals surface area contributed by atoms with Gasteiger partial charge in [-0.25, -0.2) is 4.39 Å². The number of halogens is 7. The van der Waals surface area contributed by atoms with Crippen LogP contribution in [0.15, 0.2) is 18.2 Å². The molecular formula is C9H7BF7O2-. The number of hydrogen-bond donors (Lipinski definition) is 0. The molecule has 0 unspecified atom stereocenters. The van der Waals surface area contributed by atoms with Crippen molar-refractivity contribution in [1.29, 1.82) is 0 Å². The molecule has 0 aliphatic rings. The van der Waals surface area contributed by atoms with E-state index in [2.05, 4.69) is 9.47 Å². The maximum atomic E-state index is 12.8. The van der Waals surface area contributed by atoms with E-state index in [-0.39, 0.29) is 0 Å². The molecule has 0 amide bonds. The van der Waals surface area contributed by atoms with Crippen molar-refractivity contribution in [3.63, 3.8) is 0 Å². The lowest BCUT2D eigenvalue weighted by Crippen LogP contribution is -2.35. The molecule has 108 valence electrons. The number of rotatable bonds is 5. The molecule has 0 heterocycles. The summed E-state index contributed by atoms with van der Waals surface area (Å²) in [4.78, 5) is 0. The van der Waals surface area contributed by atoms with Crippen molar-refractivity contribution >= 4 is 12.4 Å². The fourth-order valence-corrected chi connectivity index (χ4v) is 1.21. The molecule has 0 fully saturated rings. The van der Waals surface area contributed by atoms with Crippen LogP contribution >= 0.6 is 0 Å². The van der Waals surface area contributed by atoms with Gasteiger partial charge in [-0.3, -0.25) is 4.74 Å². The van der Waals surface area contributed by atoms with Gasteiger partial charge in [-0.05, 0) is 6.07 Å². The molecule has 0 saturated heterocycles. The van der Waals surface area contributed by atoms with Crippen LogP contribution in [0.4, 0.5) is 30.5 Å². The van der Waals surface area contributed by atoms with Crippen LogP contribution in [0.3, 0.4) is 0 Å². The Balaban J connectivity index is 2.69. The number of alkyl halides is 3. The normalized spacial score (nSPS) is 12.6. The number of benzene rings is 1. The van der Waals surface area contributed by atoms with Crippen LogP contribution in [-0.2, 0) is 4.74 Å². The summed E-state index contributed by atoms with van der Waals surface area (Å²) in [6.07, 6.45) is -4.90. The van der Waals surface area contributed by atoms with E-state index in [1.54, 1.807) is 0 Å². The summed E-state index contributed by atoms with van der Waals surface area (Å²) in [5, 5.41) is 0. The Morgan fingerprint density at radius 2 is 1.68 bits per heavy atom. The highest BCUT2D eigenvalue weighted by atomic mass is 19.4. The molecule has 1 rings (SSSR count). The molecule has 0 aliphatic carbocycles. The average molecular weight is 291 g/mol.